The Kier molecular flexibility index (Phi) is 2.94. The molecule has 0 aliphatic carbocycles. The molecule has 100 valence electrons. The van der Waals surface area contributed by atoms with Gasteiger partial charge in [0.25, 0.3) is 0 Å². The van der Waals surface area contributed by atoms with Crippen LogP contribution in [-0.4, -0.2) is 10.9 Å². The summed E-state index contributed by atoms with van der Waals surface area (Å²) in [4.78, 5) is 0. The molecule has 1 aliphatic rings. The smallest absolute Gasteiger partial charge is 0.352 e. The van der Waals surface area contributed by atoms with Gasteiger partial charge >= 0.3 is 11.4 Å². The van der Waals surface area contributed by atoms with Crippen molar-refractivity contribution >= 4 is 11.9 Å². The van der Waals surface area contributed by atoms with Crippen molar-refractivity contribution in [2.45, 2.75) is 19.4 Å². The van der Waals surface area contributed by atoms with E-state index in [9.17, 15) is 5.11 Å². The van der Waals surface area contributed by atoms with E-state index in [-0.39, 0.29) is 11.4 Å². The molecule has 0 radical (unpaired) electrons. The normalized spacial score (nSPS) is 16.2. The first-order chi connectivity index (χ1) is 9.58. The summed E-state index contributed by atoms with van der Waals surface area (Å²) in [6, 6.07) is 15.5. The first kappa shape index (κ1) is 12.7. The van der Waals surface area contributed by atoms with Crippen LogP contribution < -0.4 is 0 Å². The Labute approximate surface area is 118 Å². The van der Waals surface area contributed by atoms with E-state index >= 15 is 0 Å². The predicted molar refractivity (Wildman–Crippen MR) is 80.9 cm³/mol. The van der Waals surface area contributed by atoms with Gasteiger partial charge in [-0.15, -0.1) is 0 Å². The van der Waals surface area contributed by atoms with Gasteiger partial charge in [0.15, 0.2) is 0 Å². The summed E-state index contributed by atoms with van der Waals surface area (Å²) in [6.07, 6.45) is 3.80. The monoisotopic (exact) mass is 265 g/mol. The molecule has 2 nitrogen and oxygen atoms in total. The van der Waals surface area contributed by atoms with Gasteiger partial charge in [0.2, 0.25) is 0 Å². The molecule has 0 spiro atoms. The zero-order chi connectivity index (χ0) is 14.2. The van der Waals surface area contributed by atoms with Crippen molar-refractivity contribution in [2.24, 2.45) is 0 Å². The van der Waals surface area contributed by atoms with Gasteiger partial charge in [-0.05, 0) is 24.3 Å². The van der Waals surface area contributed by atoms with Crippen LogP contribution in [0.25, 0.3) is 6.08 Å². The standard InChI is InChI=1S/C18H16O2/c1-18(2)15-9-5-4-8-14(15)17(20-18)12-11-13-7-3-6-10-16(13)19/h3-12H,1-2H3/p+1. The summed E-state index contributed by atoms with van der Waals surface area (Å²) >= 11 is 0. The van der Waals surface area contributed by atoms with Crippen molar-refractivity contribution in [3.8, 4) is 5.75 Å². The van der Waals surface area contributed by atoms with E-state index in [1.165, 1.54) is 5.56 Å². The number of fused-ring (bicyclic) bond motifs is 1. The summed E-state index contributed by atoms with van der Waals surface area (Å²) in [5.74, 6) is 1.11. The number of carbonyl (C=O) groups excluding carboxylic acids is 1. The Morgan fingerprint density at radius 1 is 0.950 bits per heavy atom. The van der Waals surface area contributed by atoms with E-state index in [1.54, 1.807) is 6.07 Å². The van der Waals surface area contributed by atoms with Crippen LogP contribution in [0.4, 0.5) is 0 Å². The summed E-state index contributed by atoms with van der Waals surface area (Å²) < 4.78 is 6.03. The molecule has 20 heavy (non-hydrogen) atoms. The molecule has 0 aromatic heterocycles. The van der Waals surface area contributed by atoms with Crippen LogP contribution in [0.15, 0.2) is 54.6 Å². The van der Waals surface area contributed by atoms with Gasteiger partial charge in [-0.1, -0.05) is 30.3 Å². The van der Waals surface area contributed by atoms with Crippen LogP contribution in [0, 0.1) is 0 Å². The fraction of sp³-hybridized carbons (Fsp3) is 0.167. The average molecular weight is 265 g/mol. The second-order valence-corrected chi connectivity index (χ2v) is 5.41. The molecule has 0 fully saturated rings. The Hall–Kier alpha value is -2.35. The Balaban J connectivity index is 1.99. The average Bonchev–Trinajstić information content (AvgIpc) is 2.70. The van der Waals surface area contributed by atoms with E-state index in [0.717, 1.165) is 16.9 Å². The number of benzene rings is 2. The Morgan fingerprint density at radius 2 is 1.65 bits per heavy atom. The summed E-state index contributed by atoms with van der Waals surface area (Å²) in [7, 11) is 0. The molecule has 2 heteroatoms. The van der Waals surface area contributed by atoms with Gasteiger partial charge < -0.3 is 5.11 Å². The van der Waals surface area contributed by atoms with E-state index in [1.807, 2.05) is 42.5 Å². The number of rotatable bonds is 2. The number of hydrogen-bond acceptors (Lipinski definition) is 1. The SMILES string of the molecule is CC1(C)[O+]=C(C=Cc2ccccc2O)c2ccccc21. The van der Waals surface area contributed by atoms with Gasteiger partial charge in [0.1, 0.15) is 5.75 Å². The first-order valence-electron chi connectivity index (χ1n) is 6.70. The van der Waals surface area contributed by atoms with Crippen molar-refractivity contribution in [1.82, 2.24) is 0 Å². The van der Waals surface area contributed by atoms with Crippen molar-refractivity contribution in [3.63, 3.8) is 0 Å². The maximum Gasteiger partial charge on any atom is 0.352 e. The number of hydrogen-bond donors (Lipinski definition) is 1. The molecule has 0 atom stereocenters. The topological polar surface area (TPSA) is 31.5 Å². The number of phenols is 1. The number of ketones is 1. The molecular weight excluding hydrogens is 248 g/mol. The molecule has 0 saturated heterocycles. The summed E-state index contributed by atoms with van der Waals surface area (Å²) in [5.41, 5.74) is 2.78. The molecule has 1 aliphatic heterocycles. The highest BCUT2D eigenvalue weighted by molar-refractivity contribution is 6.09. The minimum absolute atomic E-state index is 0.273. The van der Waals surface area contributed by atoms with Gasteiger partial charge in [0.05, 0.1) is 11.1 Å². The fourth-order valence-electron chi connectivity index (χ4n) is 2.53. The molecule has 2 aromatic rings. The molecule has 3 rings (SSSR count). The minimum atomic E-state index is -0.311. The lowest BCUT2D eigenvalue weighted by Crippen LogP contribution is -2.10. The minimum Gasteiger partial charge on any atom is -0.507 e. The molecule has 0 amide bonds. The van der Waals surface area contributed by atoms with Crippen LogP contribution in [0.1, 0.15) is 35.0 Å². The maximum absolute atomic E-state index is 9.78. The number of para-hydroxylation sites is 1. The zero-order valence-electron chi connectivity index (χ0n) is 11.6. The van der Waals surface area contributed by atoms with Gasteiger partial charge in [-0.2, -0.15) is 0 Å². The first-order valence-corrected chi connectivity index (χ1v) is 6.70. The van der Waals surface area contributed by atoms with Gasteiger partial charge in [-0.3, -0.25) is 0 Å². The highest BCUT2D eigenvalue weighted by atomic mass is 16.4. The lowest BCUT2D eigenvalue weighted by Gasteiger charge is -2.03. The zero-order valence-corrected chi connectivity index (χ0v) is 11.6. The highest BCUT2D eigenvalue weighted by Gasteiger charge is 2.43. The van der Waals surface area contributed by atoms with E-state index in [0.29, 0.717) is 0 Å². The second kappa shape index (κ2) is 4.64. The fourth-order valence-corrected chi connectivity index (χ4v) is 2.53. The van der Waals surface area contributed by atoms with Crippen molar-refractivity contribution in [1.29, 1.82) is 0 Å². The van der Waals surface area contributed by atoms with Crippen molar-refractivity contribution in [3.05, 3.63) is 71.3 Å². The van der Waals surface area contributed by atoms with E-state index in [4.69, 9.17) is 4.42 Å². The summed E-state index contributed by atoms with van der Waals surface area (Å²) in [6.45, 7) is 4.12. The van der Waals surface area contributed by atoms with E-state index < -0.39 is 0 Å². The molecule has 2 aromatic carbocycles. The lowest BCUT2D eigenvalue weighted by molar-refractivity contribution is -0.378. The molecular formula is C18H17O2+. The molecule has 0 unspecified atom stereocenters. The third-order valence-corrected chi connectivity index (χ3v) is 3.56. The Bertz CT molecular complexity index is 709. The van der Waals surface area contributed by atoms with Gasteiger partial charge in [0, 0.05) is 25.5 Å². The molecule has 0 bridgehead atoms. The Morgan fingerprint density at radius 3 is 2.45 bits per heavy atom. The quantitative estimate of drug-likeness (QED) is 0.644. The molecule has 0 saturated carbocycles. The van der Waals surface area contributed by atoms with Crippen LogP contribution in [-0.2, 0) is 5.60 Å². The third kappa shape index (κ3) is 2.14. The van der Waals surface area contributed by atoms with Crippen molar-refractivity contribution in [2.75, 3.05) is 0 Å². The third-order valence-electron chi connectivity index (χ3n) is 3.56. The van der Waals surface area contributed by atoms with E-state index in [2.05, 4.69) is 26.0 Å². The van der Waals surface area contributed by atoms with Crippen LogP contribution in [0.2, 0.25) is 0 Å². The number of allylic oxidation sites excluding steroid dienone is 1. The van der Waals surface area contributed by atoms with Crippen LogP contribution >= 0.6 is 0 Å². The molecule has 1 N–H and O–H groups in total. The summed E-state index contributed by atoms with van der Waals surface area (Å²) in [5, 5.41) is 9.78. The maximum atomic E-state index is 9.78. The lowest BCUT2D eigenvalue weighted by atomic mass is 9.94. The molecule has 1 heterocycles. The second-order valence-electron chi connectivity index (χ2n) is 5.41. The van der Waals surface area contributed by atoms with Crippen molar-refractivity contribution < 1.29 is 9.53 Å². The number of phenolic OH excluding ortho intramolecular Hbond substituents is 1. The van der Waals surface area contributed by atoms with Crippen LogP contribution in [0.5, 0.6) is 5.75 Å². The highest BCUT2D eigenvalue weighted by Crippen LogP contribution is 2.34. The van der Waals surface area contributed by atoms with Crippen LogP contribution in [0.3, 0.4) is 0 Å². The predicted octanol–water partition coefficient (Wildman–Crippen LogP) is 4.07. The van der Waals surface area contributed by atoms with Gasteiger partial charge in [-0.25, -0.2) is 4.42 Å². The largest absolute Gasteiger partial charge is 0.507 e. The number of aromatic hydroxyl groups is 1.